The highest BCUT2D eigenvalue weighted by molar-refractivity contribution is 6.42. The molecule has 0 aliphatic carbocycles. The lowest BCUT2D eigenvalue weighted by molar-refractivity contribution is 0.0682. The standard InChI is InChI=1S/C20H20Cl2N4O2.C2H6/c1-11-8-14(6-7-23-11)15-10-25-26(19(15)20(27)28)12(2)9-24-17-5-4-16(21)18(22)13(17)3;1-2/h4-8,10,12,24H,9H2,1-3H3,(H,27,28);1-2H3. The fraction of sp³-hybridized carbons (Fsp3) is 0.318. The number of rotatable bonds is 6. The summed E-state index contributed by atoms with van der Waals surface area (Å²) >= 11 is 12.2. The van der Waals surface area contributed by atoms with Crippen molar-refractivity contribution in [3.05, 3.63) is 63.7 Å². The minimum atomic E-state index is -1.03. The summed E-state index contributed by atoms with van der Waals surface area (Å²) in [6, 6.07) is 6.99. The molecule has 0 spiro atoms. The summed E-state index contributed by atoms with van der Waals surface area (Å²) in [6.07, 6.45) is 3.24. The Kier molecular flexibility index (Phi) is 8.26. The summed E-state index contributed by atoms with van der Waals surface area (Å²) in [5.74, 6) is -1.03. The number of nitrogens with zero attached hydrogens (tertiary/aromatic N) is 3. The van der Waals surface area contributed by atoms with Crippen LogP contribution in [0.4, 0.5) is 5.69 Å². The van der Waals surface area contributed by atoms with Gasteiger partial charge in [-0.15, -0.1) is 0 Å². The first-order valence-corrected chi connectivity index (χ1v) is 10.5. The normalized spacial score (nSPS) is 11.4. The van der Waals surface area contributed by atoms with Crippen molar-refractivity contribution in [3.8, 4) is 11.1 Å². The van der Waals surface area contributed by atoms with E-state index in [2.05, 4.69) is 15.4 Å². The molecule has 2 N–H and O–H groups in total. The van der Waals surface area contributed by atoms with Gasteiger partial charge in [-0.3, -0.25) is 9.67 Å². The monoisotopic (exact) mass is 448 g/mol. The highest BCUT2D eigenvalue weighted by Gasteiger charge is 2.22. The van der Waals surface area contributed by atoms with Crippen molar-refractivity contribution >= 4 is 34.9 Å². The van der Waals surface area contributed by atoms with Crippen molar-refractivity contribution in [1.29, 1.82) is 0 Å². The van der Waals surface area contributed by atoms with Gasteiger partial charge in [0.05, 0.1) is 22.3 Å². The number of pyridine rings is 1. The molecule has 3 aromatic rings. The van der Waals surface area contributed by atoms with Crippen LogP contribution in [-0.2, 0) is 0 Å². The number of anilines is 1. The number of carbonyl (C=O) groups is 1. The molecule has 2 heterocycles. The van der Waals surface area contributed by atoms with Crippen LogP contribution in [0.1, 0.15) is 48.6 Å². The van der Waals surface area contributed by atoms with Crippen LogP contribution in [0.5, 0.6) is 0 Å². The number of nitrogens with one attached hydrogen (secondary N) is 1. The Labute approximate surface area is 186 Å². The second-order valence-electron chi connectivity index (χ2n) is 6.61. The summed E-state index contributed by atoms with van der Waals surface area (Å²) in [6.45, 7) is 10.1. The lowest BCUT2D eigenvalue weighted by Gasteiger charge is -2.18. The van der Waals surface area contributed by atoms with E-state index in [-0.39, 0.29) is 11.7 Å². The van der Waals surface area contributed by atoms with Gasteiger partial charge in [0, 0.05) is 29.7 Å². The Morgan fingerprint density at radius 3 is 2.57 bits per heavy atom. The lowest BCUT2D eigenvalue weighted by Crippen LogP contribution is -2.21. The van der Waals surface area contributed by atoms with Gasteiger partial charge in [-0.25, -0.2) is 4.79 Å². The van der Waals surface area contributed by atoms with E-state index in [1.807, 2.05) is 46.8 Å². The van der Waals surface area contributed by atoms with Crippen molar-refractivity contribution in [2.24, 2.45) is 0 Å². The smallest absolute Gasteiger partial charge is 0.354 e. The molecule has 0 saturated heterocycles. The Bertz CT molecular complexity index is 1030. The lowest BCUT2D eigenvalue weighted by atomic mass is 10.1. The molecule has 0 saturated carbocycles. The molecule has 2 aromatic heterocycles. The Hall–Kier alpha value is -2.57. The molecule has 3 rings (SSSR count). The predicted octanol–water partition coefficient (Wildman–Crippen LogP) is 6.27. The van der Waals surface area contributed by atoms with Gasteiger partial charge in [0.15, 0.2) is 5.69 Å². The number of carboxylic acid groups (broad SMARTS) is 1. The first-order chi connectivity index (χ1) is 14.3. The minimum Gasteiger partial charge on any atom is -0.477 e. The molecule has 30 heavy (non-hydrogen) atoms. The second-order valence-corrected chi connectivity index (χ2v) is 7.39. The largest absolute Gasteiger partial charge is 0.477 e. The van der Waals surface area contributed by atoms with Gasteiger partial charge in [0.25, 0.3) is 0 Å². The fourth-order valence-corrected chi connectivity index (χ4v) is 3.39. The van der Waals surface area contributed by atoms with Gasteiger partial charge < -0.3 is 10.4 Å². The molecule has 0 bridgehead atoms. The van der Waals surface area contributed by atoms with Gasteiger partial charge in [-0.05, 0) is 56.2 Å². The first-order valence-electron chi connectivity index (χ1n) is 9.72. The zero-order chi connectivity index (χ0) is 22.4. The molecule has 160 valence electrons. The highest BCUT2D eigenvalue weighted by Crippen LogP contribution is 2.31. The summed E-state index contributed by atoms with van der Waals surface area (Å²) < 4.78 is 1.52. The van der Waals surface area contributed by atoms with Crippen LogP contribution in [0.2, 0.25) is 10.0 Å². The summed E-state index contributed by atoms with van der Waals surface area (Å²) in [4.78, 5) is 16.1. The maximum atomic E-state index is 11.9. The molecular weight excluding hydrogens is 423 g/mol. The van der Waals surface area contributed by atoms with Crippen LogP contribution in [0.25, 0.3) is 11.1 Å². The zero-order valence-electron chi connectivity index (χ0n) is 17.7. The number of aromatic nitrogens is 3. The van der Waals surface area contributed by atoms with E-state index in [4.69, 9.17) is 23.2 Å². The summed E-state index contributed by atoms with van der Waals surface area (Å²) in [5.41, 5.74) is 3.98. The average Bonchev–Trinajstić information content (AvgIpc) is 3.18. The fourth-order valence-electron chi connectivity index (χ4n) is 3.02. The van der Waals surface area contributed by atoms with E-state index in [1.165, 1.54) is 4.68 Å². The third-order valence-corrected chi connectivity index (χ3v) is 5.45. The maximum absolute atomic E-state index is 11.9. The van der Waals surface area contributed by atoms with E-state index >= 15 is 0 Å². The van der Waals surface area contributed by atoms with E-state index < -0.39 is 5.97 Å². The molecule has 1 unspecified atom stereocenters. The van der Waals surface area contributed by atoms with Crippen LogP contribution >= 0.6 is 23.2 Å². The molecule has 0 amide bonds. The van der Waals surface area contributed by atoms with Crippen molar-refractivity contribution in [1.82, 2.24) is 14.8 Å². The number of hydrogen-bond acceptors (Lipinski definition) is 4. The molecule has 0 aliphatic rings. The third-order valence-electron chi connectivity index (χ3n) is 4.55. The molecule has 0 fully saturated rings. The van der Waals surface area contributed by atoms with Gasteiger partial charge >= 0.3 is 5.97 Å². The Morgan fingerprint density at radius 2 is 1.93 bits per heavy atom. The van der Waals surface area contributed by atoms with Crippen LogP contribution < -0.4 is 5.32 Å². The van der Waals surface area contributed by atoms with Crippen molar-refractivity contribution in [3.63, 3.8) is 0 Å². The SMILES string of the molecule is CC.Cc1cc(-c2cnn(C(C)CNc3ccc(Cl)c(Cl)c3C)c2C(=O)O)ccn1. The molecule has 6 nitrogen and oxygen atoms in total. The molecule has 8 heteroatoms. The van der Waals surface area contributed by atoms with Crippen LogP contribution in [0.15, 0.2) is 36.7 Å². The van der Waals surface area contributed by atoms with E-state index in [0.717, 1.165) is 22.5 Å². The van der Waals surface area contributed by atoms with Crippen LogP contribution in [0, 0.1) is 13.8 Å². The van der Waals surface area contributed by atoms with Gasteiger partial charge in [-0.1, -0.05) is 37.0 Å². The van der Waals surface area contributed by atoms with E-state index in [0.29, 0.717) is 22.2 Å². The number of halogens is 2. The topological polar surface area (TPSA) is 80.0 Å². The first kappa shape index (κ1) is 23.7. The zero-order valence-corrected chi connectivity index (χ0v) is 19.2. The molecule has 1 aromatic carbocycles. The van der Waals surface area contributed by atoms with Crippen molar-refractivity contribution in [2.75, 3.05) is 11.9 Å². The number of hydrogen-bond donors (Lipinski definition) is 2. The number of benzene rings is 1. The second kappa shape index (κ2) is 10.5. The van der Waals surface area contributed by atoms with Gasteiger partial charge in [0.2, 0.25) is 0 Å². The molecule has 0 aliphatic heterocycles. The van der Waals surface area contributed by atoms with Gasteiger partial charge in [-0.2, -0.15) is 5.10 Å². The maximum Gasteiger partial charge on any atom is 0.354 e. The van der Waals surface area contributed by atoms with Crippen molar-refractivity contribution < 1.29 is 9.90 Å². The van der Waals surface area contributed by atoms with Crippen LogP contribution in [0.3, 0.4) is 0 Å². The quantitative estimate of drug-likeness (QED) is 0.464. The Morgan fingerprint density at radius 1 is 1.23 bits per heavy atom. The molecular formula is C22H26Cl2N4O2. The third kappa shape index (κ3) is 5.12. The molecule has 1 atom stereocenters. The molecule has 0 radical (unpaired) electrons. The van der Waals surface area contributed by atoms with Crippen LogP contribution in [-0.4, -0.2) is 32.4 Å². The number of carboxylic acids is 1. The predicted molar refractivity (Wildman–Crippen MR) is 123 cm³/mol. The summed E-state index contributed by atoms with van der Waals surface area (Å²) in [7, 11) is 0. The van der Waals surface area contributed by atoms with E-state index in [9.17, 15) is 9.90 Å². The summed E-state index contributed by atoms with van der Waals surface area (Å²) in [5, 5.41) is 18.4. The van der Waals surface area contributed by atoms with E-state index in [1.54, 1.807) is 24.5 Å². The number of aryl methyl sites for hydroxylation is 1. The van der Waals surface area contributed by atoms with Gasteiger partial charge in [0.1, 0.15) is 0 Å². The van der Waals surface area contributed by atoms with Crippen molar-refractivity contribution in [2.45, 2.75) is 40.7 Å². The number of aromatic carboxylic acids is 1. The average molecular weight is 449 g/mol. The Balaban J connectivity index is 0.00000155. The highest BCUT2D eigenvalue weighted by atomic mass is 35.5. The minimum absolute atomic E-state index is 0.144.